The van der Waals surface area contributed by atoms with Gasteiger partial charge in [-0.1, -0.05) is 0 Å². The van der Waals surface area contributed by atoms with Gasteiger partial charge in [-0.3, -0.25) is 4.79 Å². The number of rotatable bonds is 6. The van der Waals surface area contributed by atoms with Crippen LogP contribution in [-0.2, 0) is 6.54 Å². The fourth-order valence-corrected chi connectivity index (χ4v) is 1.95. The number of hydrogen-bond donors (Lipinski definition) is 0. The van der Waals surface area contributed by atoms with Crippen LogP contribution in [0.15, 0.2) is 24.5 Å². The van der Waals surface area contributed by atoms with Crippen LogP contribution in [0.2, 0.25) is 0 Å². The SMILES string of the molecule is CC[n+]1cccc(C(=O)N(CCCl)CCCl)c1.[I-]. The van der Waals surface area contributed by atoms with Crippen LogP contribution < -0.4 is 28.5 Å². The van der Waals surface area contributed by atoms with E-state index in [-0.39, 0.29) is 29.9 Å². The Morgan fingerprint density at radius 1 is 1.33 bits per heavy atom. The van der Waals surface area contributed by atoms with Gasteiger partial charge in [0.1, 0.15) is 12.1 Å². The minimum atomic E-state index is -0.0194. The molecule has 0 aliphatic heterocycles. The van der Waals surface area contributed by atoms with E-state index in [1.165, 1.54) is 0 Å². The van der Waals surface area contributed by atoms with Gasteiger partial charge in [0.15, 0.2) is 12.4 Å². The van der Waals surface area contributed by atoms with Crippen molar-refractivity contribution < 1.29 is 33.3 Å². The van der Waals surface area contributed by atoms with Crippen LogP contribution in [0.25, 0.3) is 0 Å². The number of carbonyl (C=O) groups is 1. The smallest absolute Gasteiger partial charge is 0.259 e. The Kier molecular flexibility index (Phi) is 9.77. The Morgan fingerprint density at radius 3 is 2.44 bits per heavy atom. The van der Waals surface area contributed by atoms with Crippen molar-refractivity contribution >= 4 is 29.1 Å². The monoisotopic (exact) mass is 402 g/mol. The fraction of sp³-hybridized carbons (Fsp3) is 0.500. The molecule has 0 aliphatic carbocycles. The summed E-state index contributed by atoms with van der Waals surface area (Å²) >= 11 is 11.4. The van der Waals surface area contributed by atoms with Crippen molar-refractivity contribution in [1.29, 1.82) is 0 Å². The molecular formula is C12H17Cl2IN2O. The topological polar surface area (TPSA) is 24.2 Å². The van der Waals surface area contributed by atoms with Crippen LogP contribution in [0, 0.1) is 0 Å². The molecule has 18 heavy (non-hydrogen) atoms. The summed E-state index contributed by atoms with van der Waals surface area (Å²) in [6.45, 7) is 3.91. The zero-order chi connectivity index (χ0) is 12.7. The maximum atomic E-state index is 12.2. The van der Waals surface area contributed by atoms with Gasteiger partial charge in [0, 0.05) is 30.9 Å². The van der Waals surface area contributed by atoms with E-state index >= 15 is 0 Å². The van der Waals surface area contributed by atoms with Crippen molar-refractivity contribution in [2.45, 2.75) is 13.5 Å². The van der Waals surface area contributed by atoms with E-state index in [9.17, 15) is 4.79 Å². The number of pyridine rings is 1. The molecule has 0 unspecified atom stereocenters. The average molecular weight is 403 g/mol. The number of carbonyl (C=O) groups excluding carboxylic acids is 1. The Labute approximate surface area is 135 Å². The standard InChI is InChI=1S/C12H17Cl2N2O.HI/c1-2-15-7-3-4-11(10-15)12(17)16(8-5-13)9-6-14;/h3-4,7,10H,2,5-6,8-9H2,1H3;1H/q+1;/p-1. The van der Waals surface area contributed by atoms with Crippen LogP contribution >= 0.6 is 23.2 Å². The predicted octanol–water partition coefficient (Wildman–Crippen LogP) is -1.08. The Bertz CT molecular complexity index is 371. The van der Waals surface area contributed by atoms with Gasteiger partial charge in [0.05, 0.1) is 0 Å². The summed E-state index contributed by atoms with van der Waals surface area (Å²) in [5.41, 5.74) is 0.671. The normalized spacial score (nSPS) is 9.72. The number of amides is 1. The lowest BCUT2D eigenvalue weighted by atomic mass is 10.2. The van der Waals surface area contributed by atoms with E-state index < -0.39 is 0 Å². The first-order chi connectivity index (χ1) is 8.22. The van der Waals surface area contributed by atoms with E-state index in [1.807, 2.05) is 36.0 Å². The van der Waals surface area contributed by atoms with Gasteiger partial charge in [0.25, 0.3) is 5.91 Å². The third-order valence-electron chi connectivity index (χ3n) is 2.47. The molecule has 0 spiro atoms. The summed E-state index contributed by atoms with van der Waals surface area (Å²) in [6, 6.07) is 3.68. The minimum Gasteiger partial charge on any atom is -1.00 e. The molecule has 0 N–H and O–H groups in total. The molecule has 0 aromatic carbocycles. The highest BCUT2D eigenvalue weighted by Crippen LogP contribution is 2.03. The molecule has 0 aliphatic rings. The molecule has 1 aromatic heterocycles. The van der Waals surface area contributed by atoms with E-state index in [0.29, 0.717) is 30.4 Å². The molecule has 0 fully saturated rings. The molecule has 1 heterocycles. The maximum Gasteiger partial charge on any atom is 0.259 e. The summed E-state index contributed by atoms with van der Waals surface area (Å²) in [6.07, 6.45) is 3.78. The van der Waals surface area contributed by atoms with Crippen molar-refractivity contribution in [3.63, 3.8) is 0 Å². The van der Waals surface area contributed by atoms with E-state index in [1.54, 1.807) is 4.90 Å². The van der Waals surface area contributed by atoms with Crippen molar-refractivity contribution in [1.82, 2.24) is 4.90 Å². The third kappa shape index (κ3) is 5.28. The van der Waals surface area contributed by atoms with Crippen LogP contribution in [0.3, 0.4) is 0 Å². The largest absolute Gasteiger partial charge is 1.00 e. The molecule has 3 nitrogen and oxygen atoms in total. The number of alkyl halides is 2. The van der Waals surface area contributed by atoms with Gasteiger partial charge in [0.2, 0.25) is 0 Å². The second-order valence-corrected chi connectivity index (χ2v) is 4.35. The number of halogens is 3. The second kappa shape index (κ2) is 9.81. The molecule has 6 heteroatoms. The van der Waals surface area contributed by atoms with Crippen LogP contribution in [0.5, 0.6) is 0 Å². The van der Waals surface area contributed by atoms with Gasteiger partial charge < -0.3 is 28.9 Å². The molecule has 0 saturated heterocycles. The maximum absolute atomic E-state index is 12.2. The summed E-state index contributed by atoms with van der Waals surface area (Å²) in [4.78, 5) is 13.9. The Balaban J connectivity index is 0.00000289. The van der Waals surface area contributed by atoms with Crippen molar-refractivity contribution in [2.75, 3.05) is 24.8 Å². The summed E-state index contributed by atoms with van der Waals surface area (Å²) in [7, 11) is 0. The highest BCUT2D eigenvalue weighted by atomic mass is 127. The quantitative estimate of drug-likeness (QED) is 0.337. The van der Waals surface area contributed by atoms with Crippen LogP contribution in [-0.4, -0.2) is 35.7 Å². The Hall–Kier alpha value is -0.0700. The van der Waals surface area contributed by atoms with Crippen LogP contribution in [0.4, 0.5) is 0 Å². The van der Waals surface area contributed by atoms with Crippen molar-refractivity contribution in [3.05, 3.63) is 30.1 Å². The number of nitrogens with zero attached hydrogens (tertiary/aromatic N) is 2. The molecule has 1 amide bonds. The summed E-state index contributed by atoms with van der Waals surface area (Å²) < 4.78 is 1.97. The summed E-state index contributed by atoms with van der Waals surface area (Å²) in [5, 5.41) is 0. The first-order valence-electron chi connectivity index (χ1n) is 5.63. The van der Waals surface area contributed by atoms with Gasteiger partial charge >= 0.3 is 0 Å². The zero-order valence-electron chi connectivity index (χ0n) is 10.3. The lowest BCUT2D eigenvalue weighted by Crippen LogP contribution is -3.00. The van der Waals surface area contributed by atoms with E-state index in [2.05, 4.69) is 0 Å². The predicted molar refractivity (Wildman–Crippen MR) is 69.7 cm³/mol. The third-order valence-corrected chi connectivity index (χ3v) is 2.80. The number of aromatic nitrogens is 1. The molecule has 0 bridgehead atoms. The van der Waals surface area contributed by atoms with Crippen molar-refractivity contribution in [3.8, 4) is 0 Å². The Morgan fingerprint density at radius 2 is 1.94 bits per heavy atom. The zero-order valence-corrected chi connectivity index (χ0v) is 14.0. The lowest BCUT2D eigenvalue weighted by molar-refractivity contribution is -0.693. The summed E-state index contributed by atoms with van der Waals surface area (Å²) in [5.74, 6) is 0.820. The minimum absolute atomic E-state index is 0. The molecule has 0 radical (unpaired) electrons. The molecular weight excluding hydrogens is 386 g/mol. The number of hydrogen-bond acceptors (Lipinski definition) is 1. The van der Waals surface area contributed by atoms with Gasteiger partial charge in [-0.05, 0) is 13.0 Å². The lowest BCUT2D eigenvalue weighted by Gasteiger charge is -2.19. The fourth-order valence-electron chi connectivity index (χ4n) is 1.55. The van der Waals surface area contributed by atoms with Gasteiger partial charge in [-0.2, -0.15) is 0 Å². The molecule has 102 valence electrons. The average Bonchev–Trinajstić information content (AvgIpc) is 2.38. The first kappa shape index (κ1) is 17.9. The molecule has 1 aromatic rings. The van der Waals surface area contributed by atoms with Crippen molar-refractivity contribution in [2.24, 2.45) is 0 Å². The highest BCUT2D eigenvalue weighted by molar-refractivity contribution is 6.18. The van der Waals surface area contributed by atoms with Crippen LogP contribution in [0.1, 0.15) is 17.3 Å². The second-order valence-electron chi connectivity index (χ2n) is 3.59. The van der Waals surface area contributed by atoms with E-state index in [0.717, 1.165) is 6.54 Å². The van der Waals surface area contributed by atoms with Gasteiger partial charge in [-0.25, -0.2) is 4.57 Å². The molecule has 0 atom stereocenters. The first-order valence-corrected chi connectivity index (χ1v) is 6.70. The highest BCUT2D eigenvalue weighted by Gasteiger charge is 2.17. The molecule has 1 rings (SSSR count). The molecule has 0 saturated carbocycles. The van der Waals surface area contributed by atoms with Gasteiger partial charge in [-0.15, -0.1) is 23.2 Å². The number of aryl methyl sites for hydroxylation is 1. The van der Waals surface area contributed by atoms with E-state index in [4.69, 9.17) is 23.2 Å².